The molecule has 1 aliphatic heterocycles. The molecule has 4 heteroatoms. The summed E-state index contributed by atoms with van der Waals surface area (Å²) in [5.74, 6) is -0.946. The Hall–Kier alpha value is -1.39. The Kier molecular flexibility index (Phi) is 4.93. The lowest BCUT2D eigenvalue weighted by Gasteiger charge is -2.14. The summed E-state index contributed by atoms with van der Waals surface area (Å²) in [6.07, 6.45) is 4.10. The molecule has 0 amide bonds. The maximum Gasteiger partial charge on any atom is 0.320 e. The second kappa shape index (κ2) is 6.68. The predicted octanol–water partition coefficient (Wildman–Crippen LogP) is 1.28. The van der Waals surface area contributed by atoms with Gasteiger partial charge in [0.1, 0.15) is 6.04 Å². The largest absolute Gasteiger partial charge is 0.480 e. The Morgan fingerprint density at radius 3 is 2.37 bits per heavy atom. The van der Waals surface area contributed by atoms with Gasteiger partial charge in [-0.3, -0.25) is 4.79 Å². The van der Waals surface area contributed by atoms with Gasteiger partial charge >= 0.3 is 5.97 Å². The van der Waals surface area contributed by atoms with E-state index in [0.29, 0.717) is 6.42 Å². The number of benzene rings is 1. The fourth-order valence-electron chi connectivity index (χ4n) is 2.48. The van der Waals surface area contributed by atoms with Crippen molar-refractivity contribution in [2.45, 2.75) is 31.7 Å². The van der Waals surface area contributed by atoms with E-state index in [1.807, 2.05) is 12.1 Å². The van der Waals surface area contributed by atoms with E-state index < -0.39 is 12.0 Å². The number of likely N-dealkylation sites (tertiary alicyclic amines) is 1. The zero-order chi connectivity index (χ0) is 13.7. The fraction of sp³-hybridized carbons (Fsp3) is 0.533. The Labute approximate surface area is 114 Å². The molecular formula is C15H22N2O2. The van der Waals surface area contributed by atoms with Crippen LogP contribution in [0.15, 0.2) is 24.3 Å². The summed E-state index contributed by atoms with van der Waals surface area (Å²) >= 11 is 0. The molecule has 0 saturated carbocycles. The molecule has 2 rings (SSSR count). The number of nitrogens with zero attached hydrogens (tertiary/aromatic N) is 1. The normalized spacial score (nSPS) is 17.5. The van der Waals surface area contributed by atoms with Crippen LogP contribution in [-0.2, 0) is 17.6 Å². The maximum atomic E-state index is 10.7. The average Bonchev–Trinajstić information content (AvgIpc) is 2.91. The first kappa shape index (κ1) is 14.0. The standard InChI is InChI=1S/C15H22N2O2/c16-14(15(18)19)11-13-5-3-12(4-6-13)7-10-17-8-1-2-9-17/h3-6,14H,1-2,7-11,16H2,(H,18,19). The number of rotatable bonds is 6. The topological polar surface area (TPSA) is 66.6 Å². The Morgan fingerprint density at radius 1 is 1.21 bits per heavy atom. The second-order valence-electron chi connectivity index (χ2n) is 5.26. The zero-order valence-electron chi connectivity index (χ0n) is 11.2. The van der Waals surface area contributed by atoms with Gasteiger partial charge in [0, 0.05) is 6.54 Å². The average molecular weight is 262 g/mol. The quantitative estimate of drug-likeness (QED) is 0.810. The van der Waals surface area contributed by atoms with Gasteiger partial charge in [0.2, 0.25) is 0 Å². The highest BCUT2D eigenvalue weighted by molar-refractivity contribution is 5.73. The van der Waals surface area contributed by atoms with Crippen molar-refractivity contribution in [1.29, 1.82) is 0 Å². The molecule has 0 aromatic heterocycles. The predicted molar refractivity (Wildman–Crippen MR) is 75.1 cm³/mol. The minimum Gasteiger partial charge on any atom is -0.480 e. The van der Waals surface area contributed by atoms with Gasteiger partial charge < -0.3 is 15.7 Å². The minimum absolute atomic E-state index is 0.391. The molecule has 1 atom stereocenters. The third-order valence-corrected chi connectivity index (χ3v) is 3.71. The molecule has 1 aromatic rings. The zero-order valence-corrected chi connectivity index (χ0v) is 11.2. The van der Waals surface area contributed by atoms with E-state index >= 15 is 0 Å². The van der Waals surface area contributed by atoms with Crippen LogP contribution in [0.5, 0.6) is 0 Å². The number of carbonyl (C=O) groups is 1. The molecule has 19 heavy (non-hydrogen) atoms. The SMILES string of the molecule is NC(Cc1ccc(CCN2CCCC2)cc1)C(=O)O. The van der Waals surface area contributed by atoms with Crippen molar-refractivity contribution in [3.05, 3.63) is 35.4 Å². The molecule has 1 fully saturated rings. The fourth-order valence-corrected chi connectivity index (χ4v) is 2.48. The molecular weight excluding hydrogens is 240 g/mol. The minimum atomic E-state index is -0.946. The number of aliphatic carboxylic acids is 1. The van der Waals surface area contributed by atoms with Gasteiger partial charge in [-0.05, 0) is 49.9 Å². The Bertz CT molecular complexity index is 411. The van der Waals surface area contributed by atoms with E-state index in [9.17, 15) is 4.79 Å². The van der Waals surface area contributed by atoms with Crippen LogP contribution in [0.2, 0.25) is 0 Å². The van der Waals surface area contributed by atoms with Crippen LogP contribution < -0.4 is 5.73 Å². The highest BCUT2D eigenvalue weighted by atomic mass is 16.4. The van der Waals surface area contributed by atoms with Crippen molar-refractivity contribution in [3.63, 3.8) is 0 Å². The Morgan fingerprint density at radius 2 is 1.79 bits per heavy atom. The van der Waals surface area contributed by atoms with E-state index in [-0.39, 0.29) is 0 Å². The van der Waals surface area contributed by atoms with Crippen LogP contribution in [0, 0.1) is 0 Å². The Balaban J connectivity index is 1.82. The summed E-state index contributed by atoms with van der Waals surface area (Å²) in [5.41, 5.74) is 7.81. The van der Waals surface area contributed by atoms with E-state index in [4.69, 9.17) is 10.8 Å². The molecule has 0 bridgehead atoms. The molecule has 0 aliphatic carbocycles. The van der Waals surface area contributed by atoms with Crippen molar-refractivity contribution in [1.82, 2.24) is 4.90 Å². The van der Waals surface area contributed by atoms with E-state index in [2.05, 4.69) is 17.0 Å². The number of carboxylic acid groups (broad SMARTS) is 1. The summed E-state index contributed by atoms with van der Waals surface area (Å²) < 4.78 is 0. The number of hydrogen-bond acceptors (Lipinski definition) is 3. The number of carboxylic acids is 1. The monoisotopic (exact) mass is 262 g/mol. The maximum absolute atomic E-state index is 10.7. The molecule has 1 aliphatic rings. The second-order valence-corrected chi connectivity index (χ2v) is 5.26. The van der Waals surface area contributed by atoms with E-state index in [1.165, 1.54) is 31.5 Å². The number of nitrogens with two attached hydrogens (primary N) is 1. The molecule has 3 N–H and O–H groups in total. The van der Waals surface area contributed by atoms with Crippen molar-refractivity contribution < 1.29 is 9.90 Å². The van der Waals surface area contributed by atoms with Gasteiger partial charge in [0.15, 0.2) is 0 Å². The van der Waals surface area contributed by atoms with Crippen molar-refractivity contribution in [2.24, 2.45) is 5.73 Å². The van der Waals surface area contributed by atoms with Crippen molar-refractivity contribution in [2.75, 3.05) is 19.6 Å². The first-order valence-electron chi connectivity index (χ1n) is 6.94. The first-order valence-corrected chi connectivity index (χ1v) is 6.94. The van der Waals surface area contributed by atoms with Crippen LogP contribution in [0.4, 0.5) is 0 Å². The summed E-state index contributed by atoms with van der Waals surface area (Å²) in [6.45, 7) is 3.57. The lowest BCUT2D eigenvalue weighted by molar-refractivity contribution is -0.138. The number of hydrogen-bond donors (Lipinski definition) is 2. The van der Waals surface area contributed by atoms with Gasteiger partial charge in [0.05, 0.1) is 0 Å². The first-order chi connectivity index (χ1) is 9.15. The van der Waals surface area contributed by atoms with Gasteiger partial charge in [-0.15, -0.1) is 0 Å². The van der Waals surface area contributed by atoms with Crippen molar-refractivity contribution >= 4 is 5.97 Å². The van der Waals surface area contributed by atoms with Gasteiger partial charge in [-0.25, -0.2) is 0 Å². The lowest BCUT2D eigenvalue weighted by Crippen LogP contribution is -2.32. The van der Waals surface area contributed by atoms with Crippen LogP contribution in [0.25, 0.3) is 0 Å². The highest BCUT2D eigenvalue weighted by Gasteiger charge is 2.12. The molecule has 0 spiro atoms. The highest BCUT2D eigenvalue weighted by Crippen LogP contribution is 2.11. The molecule has 1 aromatic carbocycles. The van der Waals surface area contributed by atoms with Crippen LogP contribution in [-0.4, -0.2) is 41.7 Å². The lowest BCUT2D eigenvalue weighted by atomic mass is 10.0. The van der Waals surface area contributed by atoms with Crippen molar-refractivity contribution in [3.8, 4) is 0 Å². The van der Waals surface area contributed by atoms with E-state index in [1.54, 1.807) is 0 Å². The van der Waals surface area contributed by atoms with Crippen LogP contribution in [0.3, 0.4) is 0 Å². The van der Waals surface area contributed by atoms with Crippen LogP contribution >= 0.6 is 0 Å². The third-order valence-electron chi connectivity index (χ3n) is 3.71. The van der Waals surface area contributed by atoms with Gasteiger partial charge in [-0.1, -0.05) is 24.3 Å². The molecule has 104 valence electrons. The molecule has 4 nitrogen and oxygen atoms in total. The molecule has 1 heterocycles. The molecule has 1 unspecified atom stereocenters. The summed E-state index contributed by atoms with van der Waals surface area (Å²) in [7, 11) is 0. The summed E-state index contributed by atoms with van der Waals surface area (Å²) in [4.78, 5) is 13.2. The smallest absolute Gasteiger partial charge is 0.320 e. The summed E-state index contributed by atoms with van der Waals surface area (Å²) in [6, 6.07) is 7.33. The molecule has 0 radical (unpaired) electrons. The summed E-state index contributed by atoms with van der Waals surface area (Å²) in [5, 5.41) is 8.77. The van der Waals surface area contributed by atoms with Gasteiger partial charge in [-0.2, -0.15) is 0 Å². The van der Waals surface area contributed by atoms with E-state index in [0.717, 1.165) is 18.5 Å². The van der Waals surface area contributed by atoms with Crippen LogP contribution in [0.1, 0.15) is 24.0 Å². The molecule has 1 saturated heterocycles. The third kappa shape index (κ3) is 4.33. The van der Waals surface area contributed by atoms with Gasteiger partial charge in [0.25, 0.3) is 0 Å².